The van der Waals surface area contributed by atoms with Gasteiger partial charge in [0.05, 0.1) is 5.41 Å². The number of likely N-dealkylation sites (tertiary alicyclic amines) is 1. The van der Waals surface area contributed by atoms with Crippen LogP contribution in [0.4, 0.5) is 0 Å². The molecule has 7 nitrogen and oxygen atoms in total. The number of aromatic amines is 1. The highest BCUT2D eigenvalue weighted by Gasteiger charge is 2.43. The third-order valence-corrected chi connectivity index (χ3v) is 6.01. The van der Waals surface area contributed by atoms with Gasteiger partial charge in [-0.25, -0.2) is 4.98 Å². The topological polar surface area (TPSA) is 91.0 Å². The van der Waals surface area contributed by atoms with Gasteiger partial charge in [0.2, 0.25) is 11.7 Å². The minimum absolute atomic E-state index is 0.0384. The number of nitrogens with one attached hydrogen (secondary N) is 2. The Morgan fingerprint density at radius 1 is 1.16 bits per heavy atom. The molecular weight excluding hydrogens is 390 g/mol. The molecule has 0 bridgehead atoms. The summed E-state index contributed by atoms with van der Waals surface area (Å²) < 4.78 is 0. The van der Waals surface area contributed by atoms with Gasteiger partial charge in [0.15, 0.2) is 0 Å². The lowest BCUT2D eigenvalue weighted by molar-refractivity contribution is -0.133. The molecule has 1 fully saturated rings. The number of aromatic nitrogens is 3. The SMILES string of the molecule is CNC(=O)[C@]1(Cc2cccc(-c3cccc(C)c3)c2)CCCN(C(=O)c2ncn[nH]2)C1. The van der Waals surface area contributed by atoms with Crippen LogP contribution in [0.5, 0.6) is 0 Å². The number of hydrogen-bond donors (Lipinski definition) is 2. The molecule has 0 spiro atoms. The second-order valence-corrected chi connectivity index (χ2v) is 8.27. The number of piperidine rings is 1. The molecule has 0 unspecified atom stereocenters. The van der Waals surface area contributed by atoms with Crippen LogP contribution in [-0.2, 0) is 11.2 Å². The van der Waals surface area contributed by atoms with Gasteiger partial charge in [0, 0.05) is 20.1 Å². The Bertz CT molecular complexity index is 1080. The Labute approximate surface area is 181 Å². The summed E-state index contributed by atoms with van der Waals surface area (Å²) in [5.74, 6) is -0.0586. The van der Waals surface area contributed by atoms with Crippen molar-refractivity contribution in [2.45, 2.75) is 26.2 Å². The van der Waals surface area contributed by atoms with Crippen LogP contribution in [-0.4, -0.2) is 52.0 Å². The third-order valence-electron chi connectivity index (χ3n) is 6.01. The standard InChI is InChI=1S/C24H27N5O2/c1-17-6-3-8-19(12-17)20-9-4-7-18(13-20)14-24(23(31)25-2)10-5-11-29(15-24)22(30)21-26-16-27-28-21/h3-4,6-9,12-13,16H,5,10-11,14-15H2,1-2H3,(H,25,31)(H,26,27,28)/t24-/m0/s1. The summed E-state index contributed by atoms with van der Waals surface area (Å²) in [5.41, 5.74) is 3.88. The van der Waals surface area contributed by atoms with Crippen molar-refractivity contribution in [1.29, 1.82) is 0 Å². The number of benzene rings is 2. The Morgan fingerprint density at radius 3 is 2.65 bits per heavy atom. The van der Waals surface area contributed by atoms with Crippen molar-refractivity contribution in [3.05, 3.63) is 71.8 Å². The van der Waals surface area contributed by atoms with Gasteiger partial charge in [0.25, 0.3) is 5.91 Å². The first-order valence-electron chi connectivity index (χ1n) is 10.5. The molecule has 2 amide bonds. The summed E-state index contributed by atoms with van der Waals surface area (Å²) in [6.07, 6.45) is 3.36. The molecule has 2 N–H and O–H groups in total. The van der Waals surface area contributed by atoms with E-state index < -0.39 is 5.41 Å². The molecule has 3 aromatic rings. The van der Waals surface area contributed by atoms with Crippen LogP contribution in [0.1, 0.15) is 34.6 Å². The van der Waals surface area contributed by atoms with Gasteiger partial charge >= 0.3 is 0 Å². The van der Waals surface area contributed by atoms with Crippen LogP contribution in [0, 0.1) is 12.3 Å². The van der Waals surface area contributed by atoms with E-state index in [0.29, 0.717) is 19.5 Å². The molecule has 7 heteroatoms. The lowest BCUT2D eigenvalue weighted by Gasteiger charge is -2.41. The fourth-order valence-electron chi connectivity index (χ4n) is 4.51. The van der Waals surface area contributed by atoms with E-state index in [2.05, 4.69) is 69.9 Å². The molecule has 31 heavy (non-hydrogen) atoms. The number of aryl methyl sites for hydroxylation is 1. The Balaban J connectivity index is 1.62. The van der Waals surface area contributed by atoms with Crippen molar-refractivity contribution in [1.82, 2.24) is 25.4 Å². The van der Waals surface area contributed by atoms with Crippen LogP contribution >= 0.6 is 0 Å². The number of hydrogen-bond acceptors (Lipinski definition) is 4. The Kier molecular flexibility index (Phi) is 5.84. The van der Waals surface area contributed by atoms with E-state index in [9.17, 15) is 9.59 Å². The number of H-pyrrole nitrogens is 1. The average Bonchev–Trinajstić information content (AvgIpc) is 3.33. The zero-order valence-electron chi connectivity index (χ0n) is 17.9. The first-order valence-corrected chi connectivity index (χ1v) is 10.5. The summed E-state index contributed by atoms with van der Waals surface area (Å²) in [5, 5.41) is 9.24. The molecule has 0 radical (unpaired) electrons. The van der Waals surface area contributed by atoms with Gasteiger partial charge in [0.1, 0.15) is 6.33 Å². The van der Waals surface area contributed by atoms with E-state index in [0.717, 1.165) is 29.5 Å². The van der Waals surface area contributed by atoms with Gasteiger partial charge in [-0.05, 0) is 42.9 Å². The summed E-state index contributed by atoms with van der Waals surface area (Å²) in [4.78, 5) is 31.6. The zero-order valence-corrected chi connectivity index (χ0v) is 17.9. The monoisotopic (exact) mass is 417 g/mol. The summed E-state index contributed by atoms with van der Waals surface area (Å²) in [7, 11) is 1.66. The summed E-state index contributed by atoms with van der Waals surface area (Å²) in [6, 6.07) is 16.7. The number of nitrogens with zero attached hydrogens (tertiary/aromatic N) is 3. The zero-order chi connectivity index (χ0) is 21.8. The molecule has 1 aromatic heterocycles. The number of amides is 2. The summed E-state index contributed by atoms with van der Waals surface area (Å²) >= 11 is 0. The first kappa shape index (κ1) is 20.8. The predicted octanol–water partition coefficient (Wildman–Crippen LogP) is 2.99. The van der Waals surface area contributed by atoms with Gasteiger partial charge in [-0.2, -0.15) is 5.10 Å². The molecule has 0 saturated carbocycles. The van der Waals surface area contributed by atoms with Crippen molar-refractivity contribution >= 4 is 11.8 Å². The minimum Gasteiger partial charge on any atom is -0.359 e. The molecule has 1 aliphatic rings. The fraction of sp³-hybridized carbons (Fsp3) is 0.333. The van der Waals surface area contributed by atoms with E-state index in [1.165, 1.54) is 11.9 Å². The predicted molar refractivity (Wildman–Crippen MR) is 118 cm³/mol. The van der Waals surface area contributed by atoms with Crippen molar-refractivity contribution in [2.75, 3.05) is 20.1 Å². The maximum Gasteiger partial charge on any atom is 0.291 e. The lowest BCUT2D eigenvalue weighted by atomic mass is 9.74. The van der Waals surface area contributed by atoms with Crippen molar-refractivity contribution in [3.8, 4) is 11.1 Å². The van der Waals surface area contributed by atoms with Gasteiger partial charge in [-0.1, -0.05) is 54.1 Å². The molecule has 1 atom stereocenters. The highest BCUT2D eigenvalue weighted by Crippen LogP contribution is 2.35. The number of carbonyl (C=O) groups is 2. The van der Waals surface area contributed by atoms with Crippen LogP contribution in [0.2, 0.25) is 0 Å². The third kappa shape index (κ3) is 4.35. The maximum absolute atomic E-state index is 13.1. The van der Waals surface area contributed by atoms with Gasteiger partial charge in [-0.3, -0.25) is 14.7 Å². The molecular formula is C24H27N5O2. The van der Waals surface area contributed by atoms with Crippen molar-refractivity contribution in [2.24, 2.45) is 5.41 Å². The Hall–Kier alpha value is -3.48. The number of rotatable bonds is 5. The second-order valence-electron chi connectivity index (χ2n) is 8.27. The van der Waals surface area contributed by atoms with Crippen LogP contribution in [0.25, 0.3) is 11.1 Å². The van der Waals surface area contributed by atoms with Crippen LogP contribution in [0.15, 0.2) is 54.9 Å². The van der Waals surface area contributed by atoms with Crippen LogP contribution in [0.3, 0.4) is 0 Å². The molecule has 160 valence electrons. The second kappa shape index (κ2) is 8.71. The molecule has 0 aliphatic carbocycles. The van der Waals surface area contributed by atoms with Crippen LogP contribution < -0.4 is 5.32 Å². The minimum atomic E-state index is -0.687. The van der Waals surface area contributed by atoms with E-state index in [4.69, 9.17) is 0 Å². The highest BCUT2D eigenvalue weighted by atomic mass is 16.2. The van der Waals surface area contributed by atoms with E-state index >= 15 is 0 Å². The first-order chi connectivity index (χ1) is 15.0. The largest absolute Gasteiger partial charge is 0.359 e. The molecule has 2 aromatic carbocycles. The normalized spacial score (nSPS) is 18.6. The molecule has 1 saturated heterocycles. The molecule has 1 aliphatic heterocycles. The van der Waals surface area contributed by atoms with E-state index in [1.807, 2.05) is 6.07 Å². The molecule has 4 rings (SSSR count). The van der Waals surface area contributed by atoms with Crippen molar-refractivity contribution in [3.63, 3.8) is 0 Å². The van der Waals surface area contributed by atoms with Gasteiger partial charge < -0.3 is 10.2 Å². The number of carbonyl (C=O) groups excluding carboxylic acids is 2. The lowest BCUT2D eigenvalue weighted by Crippen LogP contribution is -2.54. The van der Waals surface area contributed by atoms with E-state index in [-0.39, 0.29) is 17.6 Å². The smallest absolute Gasteiger partial charge is 0.291 e. The highest BCUT2D eigenvalue weighted by molar-refractivity contribution is 5.91. The van der Waals surface area contributed by atoms with Crippen molar-refractivity contribution < 1.29 is 9.59 Å². The Morgan fingerprint density at radius 2 is 1.94 bits per heavy atom. The quantitative estimate of drug-likeness (QED) is 0.668. The maximum atomic E-state index is 13.1. The average molecular weight is 418 g/mol. The van der Waals surface area contributed by atoms with E-state index in [1.54, 1.807) is 11.9 Å². The fourth-order valence-corrected chi connectivity index (χ4v) is 4.51. The summed E-state index contributed by atoms with van der Waals surface area (Å²) in [6.45, 7) is 3.03. The van der Waals surface area contributed by atoms with Gasteiger partial charge in [-0.15, -0.1) is 0 Å². The molecule has 2 heterocycles.